The van der Waals surface area contributed by atoms with E-state index in [4.69, 9.17) is 0 Å². The Balaban J connectivity index is 2.29. The largest absolute Gasteiger partial charge is 0.219 e. The summed E-state index contributed by atoms with van der Waals surface area (Å²) in [6.07, 6.45) is 1.60. The molecule has 0 aromatic heterocycles. The molecule has 98 valence electrons. The number of aryl methyl sites for hydroxylation is 1. The number of benzene rings is 2. The van der Waals surface area contributed by atoms with Crippen molar-refractivity contribution in [3.8, 4) is 0 Å². The van der Waals surface area contributed by atoms with Gasteiger partial charge in [-0.3, -0.25) is 0 Å². The second-order valence-electron chi connectivity index (χ2n) is 4.22. The van der Waals surface area contributed by atoms with Crippen LogP contribution in [0, 0.1) is 6.92 Å². The lowest BCUT2D eigenvalue weighted by molar-refractivity contribution is 0.605. The summed E-state index contributed by atoms with van der Waals surface area (Å²) in [6, 6.07) is 14.3. The molecule has 2 aromatic rings. The average Bonchev–Trinajstić information content (AvgIpc) is 2.37. The first kappa shape index (κ1) is 14.0. The quantitative estimate of drug-likeness (QED) is 0.841. The molecule has 2 rings (SSSR count). The van der Waals surface area contributed by atoms with Gasteiger partial charge in [0.2, 0.25) is 0 Å². The standard InChI is InChI=1S/C15H13BrO2S/c1-12-5-7-15(8-6-12)19(17,18)10-9-13-3-2-4-14(16)11-13/h2-11H,1H3/b10-9+. The molecule has 0 spiro atoms. The first-order chi connectivity index (χ1) is 8.97. The molecule has 0 aliphatic carbocycles. The molecule has 2 aromatic carbocycles. The Morgan fingerprint density at radius 2 is 1.74 bits per heavy atom. The van der Waals surface area contributed by atoms with E-state index in [1.807, 2.05) is 31.2 Å². The van der Waals surface area contributed by atoms with Gasteiger partial charge in [0.1, 0.15) is 0 Å². The predicted octanol–water partition coefficient (Wildman–Crippen LogP) is 4.20. The smallest absolute Gasteiger partial charge is 0.199 e. The molecule has 0 heterocycles. The summed E-state index contributed by atoms with van der Waals surface area (Å²) >= 11 is 3.35. The summed E-state index contributed by atoms with van der Waals surface area (Å²) in [5.41, 5.74) is 1.87. The molecule has 2 nitrogen and oxygen atoms in total. The molecule has 0 unspecified atom stereocenters. The molecule has 0 saturated heterocycles. The minimum absolute atomic E-state index is 0.310. The molecule has 0 aliphatic heterocycles. The summed E-state index contributed by atoms with van der Waals surface area (Å²) in [4.78, 5) is 0.310. The third-order valence-corrected chi connectivity index (χ3v) is 4.55. The van der Waals surface area contributed by atoms with Crippen molar-refractivity contribution in [1.82, 2.24) is 0 Å². The maximum Gasteiger partial charge on any atom is 0.199 e. The zero-order chi connectivity index (χ0) is 13.9. The first-order valence-electron chi connectivity index (χ1n) is 5.73. The van der Waals surface area contributed by atoms with E-state index in [0.29, 0.717) is 4.90 Å². The van der Waals surface area contributed by atoms with E-state index in [9.17, 15) is 8.42 Å². The third kappa shape index (κ3) is 3.78. The van der Waals surface area contributed by atoms with E-state index < -0.39 is 9.84 Å². The molecular formula is C15H13BrO2S. The Bertz CT molecular complexity index is 701. The van der Waals surface area contributed by atoms with Crippen LogP contribution in [-0.4, -0.2) is 8.42 Å². The fourth-order valence-electron chi connectivity index (χ4n) is 1.58. The van der Waals surface area contributed by atoms with Gasteiger partial charge in [-0.25, -0.2) is 8.42 Å². The van der Waals surface area contributed by atoms with Crippen molar-refractivity contribution >= 4 is 31.8 Å². The highest BCUT2D eigenvalue weighted by Crippen LogP contribution is 2.17. The van der Waals surface area contributed by atoms with Crippen LogP contribution >= 0.6 is 15.9 Å². The molecule has 0 bridgehead atoms. The van der Waals surface area contributed by atoms with Crippen LogP contribution < -0.4 is 0 Å². The van der Waals surface area contributed by atoms with Crippen LogP contribution in [0.1, 0.15) is 11.1 Å². The lowest BCUT2D eigenvalue weighted by atomic mass is 10.2. The normalized spacial score (nSPS) is 11.9. The van der Waals surface area contributed by atoms with Crippen molar-refractivity contribution in [3.63, 3.8) is 0 Å². The van der Waals surface area contributed by atoms with Crippen molar-refractivity contribution < 1.29 is 8.42 Å². The van der Waals surface area contributed by atoms with Gasteiger partial charge in [0.15, 0.2) is 9.84 Å². The summed E-state index contributed by atoms with van der Waals surface area (Å²) in [5.74, 6) is 0. The Labute approximate surface area is 121 Å². The monoisotopic (exact) mass is 336 g/mol. The highest BCUT2D eigenvalue weighted by atomic mass is 79.9. The van der Waals surface area contributed by atoms with Crippen molar-refractivity contribution in [2.75, 3.05) is 0 Å². The van der Waals surface area contributed by atoms with Gasteiger partial charge in [-0.2, -0.15) is 0 Å². The van der Waals surface area contributed by atoms with Gasteiger partial charge in [-0.15, -0.1) is 0 Å². The molecule has 0 radical (unpaired) electrons. The third-order valence-electron chi connectivity index (χ3n) is 2.64. The molecule has 0 N–H and O–H groups in total. The van der Waals surface area contributed by atoms with Crippen molar-refractivity contribution in [2.45, 2.75) is 11.8 Å². The van der Waals surface area contributed by atoms with Gasteiger partial charge >= 0.3 is 0 Å². The highest BCUT2D eigenvalue weighted by molar-refractivity contribution is 9.10. The van der Waals surface area contributed by atoms with E-state index in [2.05, 4.69) is 15.9 Å². The van der Waals surface area contributed by atoms with Gasteiger partial charge in [0.05, 0.1) is 4.90 Å². The Kier molecular flexibility index (Phi) is 4.22. The molecule has 0 amide bonds. The number of sulfone groups is 1. The van der Waals surface area contributed by atoms with E-state index in [-0.39, 0.29) is 0 Å². The summed E-state index contributed by atoms with van der Waals surface area (Å²) in [6.45, 7) is 1.92. The fourth-order valence-corrected chi connectivity index (χ4v) is 3.01. The Hall–Kier alpha value is -1.39. The van der Waals surface area contributed by atoms with Gasteiger partial charge < -0.3 is 0 Å². The predicted molar refractivity (Wildman–Crippen MR) is 81.5 cm³/mol. The molecule has 0 atom stereocenters. The fraction of sp³-hybridized carbons (Fsp3) is 0.0667. The van der Waals surface area contributed by atoms with Gasteiger partial charge in [0.25, 0.3) is 0 Å². The molecule has 19 heavy (non-hydrogen) atoms. The molecule has 4 heteroatoms. The second kappa shape index (κ2) is 5.72. The van der Waals surface area contributed by atoms with Crippen LogP contribution in [0.2, 0.25) is 0 Å². The van der Waals surface area contributed by atoms with E-state index in [0.717, 1.165) is 15.6 Å². The van der Waals surface area contributed by atoms with Gasteiger partial charge in [-0.05, 0) is 42.8 Å². The van der Waals surface area contributed by atoms with Crippen LogP contribution in [-0.2, 0) is 9.84 Å². The van der Waals surface area contributed by atoms with Crippen molar-refractivity contribution in [3.05, 3.63) is 69.5 Å². The zero-order valence-electron chi connectivity index (χ0n) is 10.4. The lowest BCUT2D eigenvalue weighted by Gasteiger charge is -2.00. The maximum absolute atomic E-state index is 12.1. The molecule has 0 fully saturated rings. The lowest BCUT2D eigenvalue weighted by Crippen LogP contribution is -1.95. The Morgan fingerprint density at radius 1 is 1.05 bits per heavy atom. The molecular weight excluding hydrogens is 324 g/mol. The SMILES string of the molecule is Cc1ccc(S(=O)(=O)/C=C/c2cccc(Br)c2)cc1. The summed E-state index contributed by atoms with van der Waals surface area (Å²) in [5, 5.41) is 1.24. The van der Waals surface area contributed by atoms with Crippen LogP contribution in [0.5, 0.6) is 0 Å². The van der Waals surface area contributed by atoms with Crippen LogP contribution in [0.3, 0.4) is 0 Å². The van der Waals surface area contributed by atoms with E-state index >= 15 is 0 Å². The number of rotatable bonds is 3. The number of hydrogen-bond donors (Lipinski definition) is 0. The van der Waals surface area contributed by atoms with Crippen LogP contribution in [0.15, 0.2) is 63.3 Å². The van der Waals surface area contributed by atoms with Gasteiger partial charge in [0, 0.05) is 9.88 Å². The van der Waals surface area contributed by atoms with Crippen LogP contribution in [0.25, 0.3) is 6.08 Å². The van der Waals surface area contributed by atoms with Gasteiger partial charge in [-0.1, -0.05) is 45.8 Å². The highest BCUT2D eigenvalue weighted by Gasteiger charge is 2.09. The van der Waals surface area contributed by atoms with Crippen LogP contribution in [0.4, 0.5) is 0 Å². The summed E-state index contributed by atoms with van der Waals surface area (Å²) in [7, 11) is -3.38. The maximum atomic E-state index is 12.1. The van der Waals surface area contributed by atoms with E-state index in [1.54, 1.807) is 30.3 Å². The number of halogens is 1. The average molecular weight is 337 g/mol. The molecule has 0 aliphatic rings. The first-order valence-corrected chi connectivity index (χ1v) is 8.07. The number of hydrogen-bond acceptors (Lipinski definition) is 2. The molecule has 0 saturated carbocycles. The topological polar surface area (TPSA) is 34.1 Å². The zero-order valence-corrected chi connectivity index (χ0v) is 12.8. The Morgan fingerprint density at radius 3 is 2.37 bits per heavy atom. The minimum Gasteiger partial charge on any atom is -0.219 e. The van der Waals surface area contributed by atoms with Crippen molar-refractivity contribution in [2.24, 2.45) is 0 Å². The summed E-state index contributed by atoms with van der Waals surface area (Å²) < 4.78 is 25.1. The van der Waals surface area contributed by atoms with E-state index in [1.165, 1.54) is 5.41 Å². The minimum atomic E-state index is -3.38. The van der Waals surface area contributed by atoms with Crippen molar-refractivity contribution in [1.29, 1.82) is 0 Å². The second-order valence-corrected chi connectivity index (χ2v) is 6.97.